The molecule has 0 aromatic rings. The lowest BCUT2D eigenvalue weighted by molar-refractivity contribution is -0.0337. The van der Waals surface area contributed by atoms with Crippen molar-refractivity contribution in [1.82, 2.24) is 0 Å². The lowest BCUT2D eigenvalue weighted by atomic mass is 9.95. The van der Waals surface area contributed by atoms with E-state index in [2.05, 4.69) is 0 Å². The highest BCUT2D eigenvalue weighted by Gasteiger charge is 2.26. The van der Waals surface area contributed by atoms with Gasteiger partial charge < -0.3 is 18.9 Å². The first kappa shape index (κ1) is 12.9. The Balaban J connectivity index is 1.21. The minimum absolute atomic E-state index is 0.454. The normalized spacial score (nSPS) is 38.7. The SMILES string of the molecule is C(CC1CO1)OC1CCC(OCCC2CO2)CC1. The van der Waals surface area contributed by atoms with Crippen molar-refractivity contribution in [3.05, 3.63) is 0 Å². The van der Waals surface area contributed by atoms with Crippen molar-refractivity contribution in [2.75, 3.05) is 26.4 Å². The summed E-state index contributed by atoms with van der Waals surface area (Å²) < 4.78 is 22.1. The number of rotatable bonds is 8. The number of ether oxygens (including phenoxy) is 4. The zero-order valence-corrected chi connectivity index (χ0v) is 11.0. The van der Waals surface area contributed by atoms with E-state index < -0.39 is 0 Å². The van der Waals surface area contributed by atoms with Crippen molar-refractivity contribution in [3.63, 3.8) is 0 Å². The Bertz CT molecular complexity index is 216. The Hall–Kier alpha value is -0.160. The van der Waals surface area contributed by atoms with Gasteiger partial charge in [-0.2, -0.15) is 0 Å². The fourth-order valence-electron chi connectivity index (χ4n) is 2.57. The van der Waals surface area contributed by atoms with Crippen LogP contribution in [0.15, 0.2) is 0 Å². The Morgan fingerprint density at radius 1 is 0.722 bits per heavy atom. The van der Waals surface area contributed by atoms with E-state index >= 15 is 0 Å². The fourth-order valence-corrected chi connectivity index (χ4v) is 2.57. The summed E-state index contributed by atoms with van der Waals surface area (Å²) in [7, 11) is 0. The van der Waals surface area contributed by atoms with Gasteiger partial charge in [-0.05, 0) is 38.5 Å². The summed E-state index contributed by atoms with van der Waals surface area (Å²) in [5.41, 5.74) is 0. The van der Waals surface area contributed by atoms with Gasteiger partial charge in [-0.25, -0.2) is 0 Å². The first-order chi connectivity index (χ1) is 8.90. The predicted octanol–water partition coefficient (Wildman–Crippen LogP) is 1.91. The summed E-state index contributed by atoms with van der Waals surface area (Å²) in [4.78, 5) is 0. The first-order valence-electron chi connectivity index (χ1n) is 7.36. The highest BCUT2D eigenvalue weighted by Crippen LogP contribution is 2.25. The average molecular weight is 256 g/mol. The molecule has 0 spiro atoms. The lowest BCUT2D eigenvalue weighted by Crippen LogP contribution is -2.27. The van der Waals surface area contributed by atoms with E-state index in [-0.39, 0.29) is 0 Å². The van der Waals surface area contributed by atoms with Gasteiger partial charge in [-0.3, -0.25) is 0 Å². The zero-order valence-electron chi connectivity index (χ0n) is 11.0. The first-order valence-corrected chi connectivity index (χ1v) is 7.36. The smallest absolute Gasteiger partial charge is 0.0831 e. The Morgan fingerprint density at radius 3 is 1.44 bits per heavy atom. The van der Waals surface area contributed by atoms with Crippen LogP contribution in [0.2, 0.25) is 0 Å². The second-order valence-electron chi connectivity index (χ2n) is 5.63. The standard InChI is InChI=1S/C14H24O4/c1-2-12(16-8-6-14-10-18-14)4-3-11(1)15-7-5-13-9-17-13/h11-14H,1-10H2. The molecule has 0 N–H and O–H groups in total. The van der Waals surface area contributed by atoms with Crippen molar-refractivity contribution in [2.45, 2.75) is 62.9 Å². The van der Waals surface area contributed by atoms with Crippen LogP contribution in [0.3, 0.4) is 0 Å². The van der Waals surface area contributed by atoms with Crippen molar-refractivity contribution < 1.29 is 18.9 Å². The van der Waals surface area contributed by atoms with Crippen LogP contribution in [-0.4, -0.2) is 50.8 Å². The van der Waals surface area contributed by atoms with Gasteiger partial charge >= 0.3 is 0 Å². The predicted molar refractivity (Wildman–Crippen MR) is 66.7 cm³/mol. The molecule has 3 rings (SSSR count). The van der Waals surface area contributed by atoms with E-state index in [0.717, 1.165) is 65.0 Å². The third-order valence-corrected chi connectivity index (χ3v) is 4.01. The quantitative estimate of drug-likeness (QED) is 0.622. The van der Waals surface area contributed by atoms with Crippen LogP contribution in [0.4, 0.5) is 0 Å². The van der Waals surface area contributed by atoms with Crippen LogP contribution in [0.1, 0.15) is 38.5 Å². The molecule has 3 fully saturated rings. The van der Waals surface area contributed by atoms with Crippen LogP contribution in [0, 0.1) is 0 Å². The molecule has 0 radical (unpaired) electrons. The Morgan fingerprint density at radius 2 is 1.11 bits per heavy atom. The summed E-state index contributed by atoms with van der Waals surface area (Å²) in [6.07, 6.45) is 8.63. The van der Waals surface area contributed by atoms with E-state index in [9.17, 15) is 0 Å². The van der Waals surface area contributed by atoms with E-state index in [1.165, 1.54) is 0 Å². The largest absolute Gasteiger partial charge is 0.378 e. The molecule has 2 saturated heterocycles. The second-order valence-corrected chi connectivity index (χ2v) is 5.63. The topological polar surface area (TPSA) is 43.5 Å². The molecule has 4 heteroatoms. The number of hydrogen-bond donors (Lipinski definition) is 0. The molecule has 4 nitrogen and oxygen atoms in total. The van der Waals surface area contributed by atoms with Crippen LogP contribution >= 0.6 is 0 Å². The summed E-state index contributed by atoms with van der Waals surface area (Å²) in [6.45, 7) is 3.60. The van der Waals surface area contributed by atoms with Crippen molar-refractivity contribution >= 4 is 0 Å². The summed E-state index contributed by atoms with van der Waals surface area (Å²) in [5, 5.41) is 0. The maximum absolute atomic E-state index is 5.88. The molecule has 2 atom stereocenters. The van der Waals surface area contributed by atoms with E-state index in [1.54, 1.807) is 0 Å². The highest BCUT2D eigenvalue weighted by atomic mass is 16.6. The molecule has 1 saturated carbocycles. The maximum atomic E-state index is 5.88. The summed E-state index contributed by atoms with van der Waals surface area (Å²) in [6, 6.07) is 0. The minimum Gasteiger partial charge on any atom is -0.378 e. The van der Waals surface area contributed by atoms with E-state index in [1.807, 2.05) is 0 Å². The molecule has 2 heterocycles. The zero-order chi connectivity index (χ0) is 12.2. The molecule has 2 aliphatic heterocycles. The second kappa shape index (κ2) is 6.33. The number of hydrogen-bond acceptors (Lipinski definition) is 4. The molecule has 0 amide bonds. The maximum Gasteiger partial charge on any atom is 0.0831 e. The molecule has 0 aromatic carbocycles. The summed E-state index contributed by atoms with van der Waals surface area (Å²) in [5.74, 6) is 0. The molecular formula is C14H24O4. The third-order valence-electron chi connectivity index (χ3n) is 4.01. The van der Waals surface area contributed by atoms with Crippen LogP contribution in [-0.2, 0) is 18.9 Å². The van der Waals surface area contributed by atoms with Gasteiger partial charge in [0.2, 0.25) is 0 Å². The van der Waals surface area contributed by atoms with Gasteiger partial charge in [0.1, 0.15) is 0 Å². The van der Waals surface area contributed by atoms with Crippen molar-refractivity contribution in [3.8, 4) is 0 Å². The molecule has 1 aliphatic carbocycles. The lowest BCUT2D eigenvalue weighted by Gasteiger charge is -2.28. The van der Waals surface area contributed by atoms with Crippen molar-refractivity contribution in [2.24, 2.45) is 0 Å². The summed E-state index contributed by atoms with van der Waals surface area (Å²) >= 11 is 0. The van der Waals surface area contributed by atoms with Crippen LogP contribution < -0.4 is 0 Å². The van der Waals surface area contributed by atoms with Crippen molar-refractivity contribution in [1.29, 1.82) is 0 Å². The molecule has 0 aromatic heterocycles. The molecule has 2 unspecified atom stereocenters. The van der Waals surface area contributed by atoms with Crippen LogP contribution in [0.25, 0.3) is 0 Å². The minimum atomic E-state index is 0.454. The molecule has 104 valence electrons. The molecule has 18 heavy (non-hydrogen) atoms. The third kappa shape index (κ3) is 4.50. The van der Waals surface area contributed by atoms with Gasteiger partial charge in [0.05, 0.1) is 37.6 Å². The molecule has 3 aliphatic rings. The average Bonchev–Trinajstić information content (AvgIpc) is 3.25. The fraction of sp³-hybridized carbons (Fsp3) is 1.00. The molecule has 0 bridgehead atoms. The van der Waals surface area contributed by atoms with Crippen LogP contribution in [0.5, 0.6) is 0 Å². The van der Waals surface area contributed by atoms with Gasteiger partial charge in [0.25, 0.3) is 0 Å². The van der Waals surface area contributed by atoms with Gasteiger partial charge in [0.15, 0.2) is 0 Å². The number of epoxide rings is 2. The van der Waals surface area contributed by atoms with E-state index in [0.29, 0.717) is 24.4 Å². The Labute approximate surface area is 109 Å². The molecular weight excluding hydrogens is 232 g/mol. The van der Waals surface area contributed by atoms with Gasteiger partial charge in [-0.1, -0.05) is 0 Å². The monoisotopic (exact) mass is 256 g/mol. The van der Waals surface area contributed by atoms with E-state index in [4.69, 9.17) is 18.9 Å². The van der Waals surface area contributed by atoms with Gasteiger partial charge in [0, 0.05) is 13.2 Å². The Kier molecular flexibility index (Phi) is 4.52. The highest BCUT2D eigenvalue weighted by molar-refractivity contribution is 4.75. The van der Waals surface area contributed by atoms with Gasteiger partial charge in [-0.15, -0.1) is 0 Å².